The van der Waals surface area contributed by atoms with Gasteiger partial charge in [0.2, 0.25) is 5.91 Å². The number of carbonyl (C=O) groups excluding carboxylic acids is 1. The smallest absolute Gasteiger partial charge is 0.416 e. The van der Waals surface area contributed by atoms with Crippen LogP contribution in [0.1, 0.15) is 29.5 Å². The Kier molecular flexibility index (Phi) is 5.72. The molecule has 0 N–H and O–H groups in total. The van der Waals surface area contributed by atoms with Crippen LogP contribution in [0, 0.1) is 5.82 Å². The molecule has 0 atom stereocenters. The van der Waals surface area contributed by atoms with E-state index in [0.29, 0.717) is 11.1 Å². The van der Waals surface area contributed by atoms with E-state index in [1.807, 2.05) is 0 Å². The minimum Gasteiger partial charge on any atom is -0.494 e. The highest BCUT2D eigenvalue weighted by Gasteiger charge is 2.32. The molecule has 3 rings (SSSR count). The van der Waals surface area contributed by atoms with E-state index in [-0.39, 0.29) is 24.2 Å². The fourth-order valence-electron chi connectivity index (χ4n) is 2.82. The van der Waals surface area contributed by atoms with Crippen LogP contribution < -0.4 is 4.74 Å². The molecule has 7 heteroatoms. The molecule has 0 radical (unpaired) electrons. The van der Waals surface area contributed by atoms with E-state index < -0.39 is 17.6 Å². The summed E-state index contributed by atoms with van der Waals surface area (Å²) in [6.45, 7) is 0.225. The number of methoxy groups -OCH3 is 1. The van der Waals surface area contributed by atoms with Gasteiger partial charge in [0.25, 0.3) is 0 Å². The van der Waals surface area contributed by atoms with Crippen LogP contribution in [0.15, 0.2) is 48.5 Å². The molecule has 0 saturated heterocycles. The Morgan fingerprint density at radius 1 is 1.18 bits per heavy atom. The molecular weight excluding hydrogens is 374 g/mol. The lowest BCUT2D eigenvalue weighted by Crippen LogP contribution is -2.31. The van der Waals surface area contributed by atoms with Crippen LogP contribution in [0.5, 0.6) is 5.75 Å². The fourth-order valence-corrected chi connectivity index (χ4v) is 2.82. The van der Waals surface area contributed by atoms with Crippen LogP contribution in [0.25, 0.3) is 6.08 Å². The van der Waals surface area contributed by atoms with E-state index >= 15 is 0 Å². The van der Waals surface area contributed by atoms with E-state index in [0.717, 1.165) is 25.0 Å². The van der Waals surface area contributed by atoms with Crippen molar-refractivity contribution in [1.29, 1.82) is 0 Å². The number of alkyl halides is 3. The number of benzene rings is 2. The Hall–Kier alpha value is -2.83. The predicted octanol–water partition coefficient (Wildman–Crippen LogP) is 5.06. The van der Waals surface area contributed by atoms with Crippen LogP contribution in [-0.4, -0.2) is 24.0 Å². The molecule has 1 fully saturated rings. The highest BCUT2D eigenvalue weighted by molar-refractivity contribution is 5.92. The Labute approximate surface area is 160 Å². The van der Waals surface area contributed by atoms with Crippen LogP contribution >= 0.6 is 0 Å². The van der Waals surface area contributed by atoms with E-state index in [1.54, 1.807) is 11.0 Å². The highest BCUT2D eigenvalue weighted by Crippen LogP contribution is 2.31. The number of nitrogens with zero attached hydrogens (tertiary/aromatic N) is 1. The normalized spacial score (nSPS) is 14.3. The molecule has 0 aliphatic heterocycles. The van der Waals surface area contributed by atoms with Gasteiger partial charge in [0.15, 0.2) is 11.6 Å². The van der Waals surface area contributed by atoms with Gasteiger partial charge in [0, 0.05) is 18.7 Å². The lowest BCUT2D eigenvalue weighted by atomic mass is 10.1. The van der Waals surface area contributed by atoms with Gasteiger partial charge in [0.05, 0.1) is 12.7 Å². The third kappa shape index (κ3) is 4.91. The molecule has 0 heterocycles. The molecule has 2 aromatic rings. The van der Waals surface area contributed by atoms with Gasteiger partial charge in [-0.2, -0.15) is 13.2 Å². The van der Waals surface area contributed by atoms with E-state index in [9.17, 15) is 22.4 Å². The number of carbonyl (C=O) groups is 1. The van der Waals surface area contributed by atoms with Gasteiger partial charge in [0.1, 0.15) is 0 Å². The van der Waals surface area contributed by atoms with Crippen LogP contribution in [0.3, 0.4) is 0 Å². The number of hydrogen-bond donors (Lipinski definition) is 0. The molecule has 1 aliphatic rings. The first-order valence-electron chi connectivity index (χ1n) is 8.76. The Morgan fingerprint density at radius 3 is 2.39 bits per heavy atom. The van der Waals surface area contributed by atoms with Gasteiger partial charge in [-0.15, -0.1) is 0 Å². The largest absolute Gasteiger partial charge is 0.494 e. The zero-order chi connectivity index (χ0) is 20.3. The van der Waals surface area contributed by atoms with Crippen molar-refractivity contribution in [3.63, 3.8) is 0 Å². The summed E-state index contributed by atoms with van der Waals surface area (Å²) >= 11 is 0. The van der Waals surface area contributed by atoms with Crippen LogP contribution in [0.2, 0.25) is 0 Å². The maximum Gasteiger partial charge on any atom is 0.416 e. The molecular formula is C21H19F4NO2. The molecule has 0 spiro atoms. The molecule has 0 bridgehead atoms. The number of rotatable bonds is 6. The van der Waals surface area contributed by atoms with Crippen molar-refractivity contribution in [2.24, 2.45) is 0 Å². The summed E-state index contributed by atoms with van der Waals surface area (Å²) in [4.78, 5) is 14.2. The summed E-state index contributed by atoms with van der Waals surface area (Å²) in [5.41, 5.74) is 0.413. The van der Waals surface area contributed by atoms with Gasteiger partial charge < -0.3 is 9.64 Å². The van der Waals surface area contributed by atoms with Gasteiger partial charge in [-0.1, -0.05) is 18.2 Å². The monoisotopic (exact) mass is 393 g/mol. The lowest BCUT2D eigenvalue weighted by Gasteiger charge is -2.21. The number of hydrogen-bond acceptors (Lipinski definition) is 2. The first-order valence-corrected chi connectivity index (χ1v) is 8.76. The second-order valence-corrected chi connectivity index (χ2v) is 6.62. The molecule has 28 heavy (non-hydrogen) atoms. The molecule has 1 amide bonds. The molecule has 0 unspecified atom stereocenters. The number of amides is 1. The van der Waals surface area contributed by atoms with Crippen molar-refractivity contribution >= 4 is 12.0 Å². The summed E-state index contributed by atoms with van der Waals surface area (Å²) in [6.07, 6.45) is 0.187. The van der Waals surface area contributed by atoms with E-state index in [2.05, 4.69) is 0 Å². The lowest BCUT2D eigenvalue weighted by molar-refractivity contribution is -0.137. The average Bonchev–Trinajstić information content (AvgIpc) is 3.49. The number of ether oxygens (including phenoxy) is 1. The maximum absolute atomic E-state index is 13.7. The third-order valence-electron chi connectivity index (χ3n) is 4.50. The van der Waals surface area contributed by atoms with Crippen molar-refractivity contribution in [1.82, 2.24) is 4.90 Å². The summed E-state index contributed by atoms with van der Waals surface area (Å²) in [5.74, 6) is -0.676. The van der Waals surface area contributed by atoms with Crippen molar-refractivity contribution in [3.05, 3.63) is 71.0 Å². The SMILES string of the molecule is COc1ccc(/C=C/C(=O)N(Cc2ccc(C(F)(F)F)cc2)C2CC2)cc1F. The Bertz CT molecular complexity index is 871. The Morgan fingerprint density at radius 2 is 1.86 bits per heavy atom. The standard InChI is InChI=1S/C21H19F4NO2/c1-28-19-10-4-14(12-18(19)22)5-11-20(27)26(17-8-9-17)13-15-2-6-16(7-3-15)21(23,24)25/h2-7,10-12,17H,8-9,13H2,1H3/b11-5+. The minimum atomic E-state index is -4.39. The van der Waals surface area contributed by atoms with Gasteiger partial charge in [-0.3, -0.25) is 4.79 Å². The zero-order valence-electron chi connectivity index (χ0n) is 15.2. The molecule has 1 aliphatic carbocycles. The summed E-state index contributed by atoms with van der Waals surface area (Å²) in [6, 6.07) is 9.24. The van der Waals surface area contributed by atoms with Crippen molar-refractivity contribution in [2.75, 3.05) is 7.11 Å². The quantitative estimate of drug-likeness (QED) is 0.507. The molecule has 148 valence electrons. The van der Waals surface area contributed by atoms with Crippen molar-refractivity contribution in [2.45, 2.75) is 31.6 Å². The van der Waals surface area contributed by atoms with Crippen molar-refractivity contribution in [3.8, 4) is 5.75 Å². The first kappa shape index (κ1) is 19.9. The first-order chi connectivity index (χ1) is 13.3. The van der Waals surface area contributed by atoms with Gasteiger partial charge >= 0.3 is 6.18 Å². The van der Waals surface area contributed by atoms with Gasteiger partial charge in [-0.25, -0.2) is 4.39 Å². The Balaban J connectivity index is 1.70. The molecule has 2 aromatic carbocycles. The zero-order valence-corrected chi connectivity index (χ0v) is 15.2. The van der Waals surface area contributed by atoms with E-state index in [1.165, 1.54) is 43.5 Å². The molecule has 3 nitrogen and oxygen atoms in total. The predicted molar refractivity (Wildman–Crippen MR) is 97.0 cm³/mol. The topological polar surface area (TPSA) is 29.5 Å². The highest BCUT2D eigenvalue weighted by atomic mass is 19.4. The third-order valence-corrected chi connectivity index (χ3v) is 4.50. The van der Waals surface area contributed by atoms with Crippen molar-refractivity contribution < 1.29 is 27.1 Å². The summed E-state index contributed by atoms with van der Waals surface area (Å²) in [7, 11) is 1.37. The fraction of sp³-hybridized carbons (Fsp3) is 0.286. The minimum absolute atomic E-state index is 0.0760. The van der Waals surface area contributed by atoms with Crippen LogP contribution in [0.4, 0.5) is 17.6 Å². The average molecular weight is 393 g/mol. The maximum atomic E-state index is 13.7. The molecule has 0 aromatic heterocycles. The van der Waals surface area contributed by atoms with Crippen LogP contribution in [-0.2, 0) is 17.5 Å². The second-order valence-electron chi connectivity index (χ2n) is 6.62. The second kappa shape index (κ2) is 8.04. The van der Waals surface area contributed by atoms with E-state index in [4.69, 9.17) is 4.74 Å². The van der Waals surface area contributed by atoms with Gasteiger partial charge in [-0.05, 0) is 54.3 Å². The summed E-state index contributed by atoms with van der Waals surface area (Å²) in [5, 5.41) is 0. The summed E-state index contributed by atoms with van der Waals surface area (Å²) < 4.78 is 56.6. The number of halogens is 4. The molecule has 1 saturated carbocycles.